The molecule has 0 spiro atoms. The Bertz CT molecular complexity index is 193. The molecule has 0 amide bonds. The first-order valence-corrected chi connectivity index (χ1v) is 2.16. The van der Waals surface area contributed by atoms with Gasteiger partial charge in [0.15, 0.2) is 0 Å². The third-order valence-corrected chi connectivity index (χ3v) is 0.587. The van der Waals surface area contributed by atoms with Gasteiger partial charge in [0.25, 0.3) is 0 Å². The second-order valence-electron chi connectivity index (χ2n) is 1.32. The second-order valence-corrected chi connectivity index (χ2v) is 1.32. The Morgan fingerprint density at radius 3 is 2.70 bits per heavy atom. The number of aromatic nitrogens is 1. The zero-order valence-corrected chi connectivity index (χ0v) is 4.47. The highest BCUT2D eigenvalue weighted by atomic mass is 19.4. The minimum absolute atomic E-state index is 0.715. The van der Waals surface area contributed by atoms with Gasteiger partial charge in [0, 0.05) is 0 Å². The van der Waals surface area contributed by atoms with E-state index in [0.29, 0.717) is 0 Å². The zero-order valence-electron chi connectivity index (χ0n) is 4.47. The molecule has 0 aromatic carbocycles. The lowest BCUT2D eigenvalue weighted by atomic mass is 10.7. The quantitative estimate of drug-likeness (QED) is 0.609. The van der Waals surface area contributed by atoms with E-state index >= 15 is 0 Å². The highest BCUT2D eigenvalue weighted by Gasteiger charge is 2.32. The maximum absolute atomic E-state index is 11.3. The summed E-state index contributed by atoms with van der Waals surface area (Å²) in [5, 5.41) is 2.88. The molecule has 10 heavy (non-hydrogen) atoms. The van der Waals surface area contributed by atoms with Gasteiger partial charge in [-0.25, -0.2) is 0 Å². The van der Waals surface area contributed by atoms with E-state index in [0.717, 1.165) is 6.07 Å². The first kappa shape index (κ1) is 6.91. The van der Waals surface area contributed by atoms with Crippen LogP contribution in [0.1, 0.15) is 0 Å². The van der Waals surface area contributed by atoms with E-state index in [1.165, 1.54) is 0 Å². The van der Waals surface area contributed by atoms with Gasteiger partial charge in [0.1, 0.15) is 6.20 Å². The van der Waals surface area contributed by atoms with Gasteiger partial charge in [-0.1, -0.05) is 5.16 Å². The Hall–Kier alpha value is -1.20. The summed E-state index contributed by atoms with van der Waals surface area (Å²) in [6.07, 6.45) is -2.72. The van der Waals surface area contributed by atoms with Crippen molar-refractivity contribution < 1.29 is 22.4 Å². The molecule has 0 saturated heterocycles. The summed E-state index contributed by atoms with van der Waals surface area (Å²) >= 11 is 0. The largest absolute Gasteiger partial charge is 0.575 e. The molecule has 0 atom stereocenters. The van der Waals surface area contributed by atoms with E-state index < -0.39 is 12.3 Å². The number of rotatable bonds is 1. The van der Waals surface area contributed by atoms with Gasteiger partial charge >= 0.3 is 12.3 Å². The van der Waals surface area contributed by atoms with Crippen molar-refractivity contribution in [2.45, 2.75) is 6.36 Å². The van der Waals surface area contributed by atoms with E-state index in [4.69, 9.17) is 0 Å². The van der Waals surface area contributed by atoms with Crippen LogP contribution in [-0.2, 0) is 0 Å². The van der Waals surface area contributed by atoms with E-state index in [1.54, 1.807) is 0 Å². The normalized spacial score (nSPS) is 11.5. The third-order valence-electron chi connectivity index (χ3n) is 0.587. The number of hydrogen-bond acceptors (Lipinski definition) is 3. The maximum Gasteiger partial charge on any atom is 0.575 e. The Labute approximate surface area is 53.4 Å². The summed E-state index contributed by atoms with van der Waals surface area (Å²) in [6, 6.07) is 0.841. The first-order valence-electron chi connectivity index (χ1n) is 2.16. The fourth-order valence-corrected chi connectivity index (χ4v) is 0.339. The van der Waals surface area contributed by atoms with Gasteiger partial charge in [-0.3, -0.25) is 0 Å². The second kappa shape index (κ2) is 2.20. The average molecular weight is 152 g/mol. The molecular weight excluding hydrogens is 151 g/mol. The molecule has 1 heterocycles. The van der Waals surface area contributed by atoms with E-state index in [9.17, 15) is 13.2 Å². The standard InChI is InChI=1S/C4HF3NO2/c5-4(6,7)9-3-1-2-8-10-3/h1H. The molecule has 1 rings (SSSR count). The molecular formula is C4HF3NO2. The summed E-state index contributed by atoms with van der Waals surface area (Å²) in [5.74, 6) is -0.715. The molecule has 0 aliphatic heterocycles. The Morgan fingerprint density at radius 1 is 1.60 bits per heavy atom. The predicted octanol–water partition coefficient (Wildman–Crippen LogP) is 1.37. The van der Waals surface area contributed by atoms with Crippen LogP contribution in [0.5, 0.6) is 5.95 Å². The maximum atomic E-state index is 11.3. The fraction of sp³-hybridized carbons (Fsp3) is 0.250. The van der Waals surface area contributed by atoms with Crippen LogP contribution in [0.3, 0.4) is 0 Å². The molecule has 0 saturated carbocycles. The van der Waals surface area contributed by atoms with Gasteiger partial charge in [0.05, 0.1) is 6.07 Å². The summed E-state index contributed by atoms with van der Waals surface area (Å²) in [6.45, 7) is 0. The number of ether oxygens (including phenoxy) is 1. The third kappa shape index (κ3) is 1.96. The number of halogens is 3. The van der Waals surface area contributed by atoms with Gasteiger partial charge < -0.3 is 9.26 Å². The van der Waals surface area contributed by atoms with Crippen LogP contribution < -0.4 is 4.74 Å². The number of nitrogens with zero attached hydrogens (tertiary/aromatic N) is 1. The number of hydrogen-bond donors (Lipinski definition) is 0. The highest BCUT2D eigenvalue weighted by Crippen LogP contribution is 2.20. The van der Waals surface area contributed by atoms with Crippen LogP contribution in [0.15, 0.2) is 10.6 Å². The summed E-state index contributed by atoms with van der Waals surface area (Å²) in [5.41, 5.74) is 0. The molecule has 0 N–H and O–H groups in total. The SMILES string of the molecule is FC(F)(F)Oc1c[c]no1. The van der Waals surface area contributed by atoms with Crippen molar-refractivity contribution in [2.75, 3.05) is 0 Å². The van der Waals surface area contributed by atoms with Crippen molar-refractivity contribution >= 4 is 0 Å². The van der Waals surface area contributed by atoms with Crippen LogP contribution in [0.4, 0.5) is 13.2 Å². The van der Waals surface area contributed by atoms with Crippen molar-refractivity contribution in [1.29, 1.82) is 0 Å². The lowest BCUT2D eigenvalue weighted by molar-refractivity contribution is -0.281. The Balaban J connectivity index is 2.57. The van der Waals surface area contributed by atoms with Gasteiger partial charge in [-0.2, -0.15) is 0 Å². The zero-order chi connectivity index (χ0) is 7.61. The molecule has 0 fully saturated rings. The van der Waals surface area contributed by atoms with Crippen molar-refractivity contribution in [2.24, 2.45) is 0 Å². The molecule has 1 aromatic rings. The minimum atomic E-state index is -4.73. The van der Waals surface area contributed by atoms with Gasteiger partial charge in [-0.05, 0) is 0 Å². The van der Waals surface area contributed by atoms with Gasteiger partial charge in [0.2, 0.25) is 0 Å². The Kier molecular flexibility index (Phi) is 1.52. The van der Waals surface area contributed by atoms with Crippen molar-refractivity contribution in [3.63, 3.8) is 0 Å². The predicted molar refractivity (Wildman–Crippen MR) is 22.0 cm³/mol. The van der Waals surface area contributed by atoms with Crippen molar-refractivity contribution in [3.8, 4) is 5.95 Å². The van der Waals surface area contributed by atoms with Crippen molar-refractivity contribution in [3.05, 3.63) is 12.3 Å². The van der Waals surface area contributed by atoms with Crippen LogP contribution in [0, 0.1) is 6.20 Å². The molecule has 0 unspecified atom stereocenters. The lowest BCUT2D eigenvalue weighted by Crippen LogP contribution is -2.16. The lowest BCUT2D eigenvalue weighted by Gasteiger charge is -2.02. The highest BCUT2D eigenvalue weighted by molar-refractivity contribution is 4.97. The Morgan fingerprint density at radius 2 is 2.30 bits per heavy atom. The molecule has 0 aliphatic carbocycles. The van der Waals surface area contributed by atoms with Gasteiger partial charge in [-0.15, -0.1) is 13.2 Å². The molecule has 3 nitrogen and oxygen atoms in total. The first-order chi connectivity index (χ1) is 4.58. The minimum Gasteiger partial charge on any atom is -0.371 e. The smallest absolute Gasteiger partial charge is 0.371 e. The van der Waals surface area contributed by atoms with E-state index in [-0.39, 0.29) is 0 Å². The molecule has 1 radical (unpaired) electrons. The average Bonchev–Trinajstić information content (AvgIpc) is 2.12. The molecule has 55 valence electrons. The topological polar surface area (TPSA) is 35.3 Å². The molecule has 0 aliphatic rings. The van der Waals surface area contributed by atoms with E-state index in [1.807, 2.05) is 6.20 Å². The summed E-state index contributed by atoms with van der Waals surface area (Å²) < 4.78 is 41.1. The fourth-order valence-electron chi connectivity index (χ4n) is 0.339. The van der Waals surface area contributed by atoms with E-state index in [2.05, 4.69) is 14.4 Å². The molecule has 1 aromatic heterocycles. The summed E-state index contributed by atoms with van der Waals surface area (Å²) in [7, 11) is 0. The van der Waals surface area contributed by atoms with Crippen LogP contribution in [0.2, 0.25) is 0 Å². The monoisotopic (exact) mass is 152 g/mol. The van der Waals surface area contributed by atoms with Crippen LogP contribution >= 0.6 is 0 Å². The molecule has 0 bridgehead atoms. The van der Waals surface area contributed by atoms with Crippen LogP contribution in [-0.4, -0.2) is 11.5 Å². The number of alkyl halides is 3. The van der Waals surface area contributed by atoms with Crippen molar-refractivity contribution in [1.82, 2.24) is 5.16 Å². The summed E-state index contributed by atoms with van der Waals surface area (Å²) in [4.78, 5) is 0. The van der Waals surface area contributed by atoms with Crippen LogP contribution in [0.25, 0.3) is 0 Å². The molecule has 6 heteroatoms.